The van der Waals surface area contributed by atoms with Gasteiger partial charge in [-0.2, -0.15) is 0 Å². The van der Waals surface area contributed by atoms with Crippen molar-refractivity contribution in [3.05, 3.63) is 11.3 Å². The van der Waals surface area contributed by atoms with E-state index < -0.39 is 6.09 Å². The van der Waals surface area contributed by atoms with Crippen LogP contribution in [-0.4, -0.2) is 12.7 Å². The fraction of sp³-hybridized carbons (Fsp3) is 0.700. The second kappa shape index (κ2) is 3.90. The highest BCUT2D eigenvalue weighted by Crippen LogP contribution is 2.42. The molecule has 0 aromatic heterocycles. The van der Waals surface area contributed by atoms with Crippen molar-refractivity contribution in [3.63, 3.8) is 0 Å². The Hall–Kier alpha value is -1.19. The van der Waals surface area contributed by atoms with Crippen molar-refractivity contribution in [3.8, 4) is 0 Å². The van der Waals surface area contributed by atoms with Gasteiger partial charge in [-0.05, 0) is 38.2 Å². The summed E-state index contributed by atoms with van der Waals surface area (Å²) >= 11 is 0. The van der Waals surface area contributed by atoms with Crippen LogP contribution in [0.25, 0.3) is 0 Å². The third-order valence-corrected chi connectivity index (χ3v) is 2.44. The number of allylic oxidation sites excluding steroid dienone is 2. The van der Waals surface area contributed by atoms with E-state index in [1.807, 2.05) is 0 Å². The fourth-order valence-electron chi connectivity index (χ4n) is 1.47. The second-order valence-electron chi connectivity index (χ2n) is 3.76. The maximum atomic E-state index is 11.0. The normalized spacial score (nSPS) is 18.8. The van der Waals surface area contributed by atoms with Crippen molar-refractivity contribution >= 4 is 6.09 Å². The molecule has 0 atom stereocenters. The van der Waals surface area contributed by atoms with E-state index in [1.54, 1.807) is 6.92 Å². The second-order valence-corrected chi connectivity index (χ2v) is 3.76. The predicted molar refractivity (Wildman–Crippen MR) is 52.3 cm³/mol. The zero-order valence-electron chi connectivity index (χ0n) is 8.43. The molecule has 0 aliphatic heterocycles. The van der Waals surface area contributed by atoms with E-state index in [1.165, 1.54) is 37.0 Å². The van der Waals surface area contributed by atoms with Gasteiger partial charge in [-0.1, -0.05) is 0 Å². The van der Waals surface area contributed by atoms with E-state index in [0.29, 0.717) is 12.5 Å². The average Bonchev–Trinajstić information content (AvgIpc) is 3.01. The smallest absolute Gasteiger partial charge is 0.425 e. The van der Waals surface area contributed by atoms with E-state index in [4.69, 9.17) is 4.74 Å². The molecule has 14 heavy (non-hydrogen) atoms. The number of ether oxygens (including phenoxy) is 1. The van der Waals surface area contributed by atoms with Gasteiger partial charge in [-0.25, -0.2) is 10.2 Å². The molecule has 2 aliphatic rings. The molecule has 2 aliphatic carbocycles. The lowest BCUT2D eigenvalue weighted by atomic mass is 10.3. The Labute approximate surface area is 83.7 Å². The Morgan fingerprint density at radius 2 is 2.14 bits per heavy atom. The van der Waals surface area contributed by atoms with Crippen molar-refractivity contribution in [2.24, 2.45) is 5.92 Å². The minimum Gasteiger partial charge on any atom is -0.449 e. The molecule has 2 saturated carbocycles. The van der Waals surface area contributed by atoms with Crippen LogP contribution in [0.3, 0.4) is 0 Å². The van der Waals surface area contributed by atoms with Crippen LogP contribution in [-0.2, 0) is 4.74 Å². The lowest BCUT2D eigenvalue weighted by molar-refractivity contribution is 0.148. The Kier molecular flexibility index (Phi) is 2.61. The fourth-order valence-corrected chi connectivity index (χ4v) is 1.47. The summed E-state index contributed by atoms with van der Waals surface area (Å²) in [6.07, 6.45) is 4.46. The molecule has 0 spiro atoms. The maximum Gasteiger partial charge on any atom is 0.425 e. The van der Waals surface area contributed by atoms with Crippen molar-refractivity contribution in [1.29, 1.82) is 0 Å². The molecular formula is C10H16N2O2. The Balaban J connectivity index is 1.78. The highest BCUT2D eigenvalue weighted by molar-refractivity contribution is 5.66. The molecular weight excluding hydrogens is 180 g/mol. The lowest BCUT2D eigenvalue weighted by Crippen LogP contribution is -2.37. The molecule has 0 aromatic carbocycles. The van der Waals surface area contributed by atoms with Crippen LogP contribution in [0.2, 0.25) is 0 Å². The van der Waals surface area contributed by atoms with E-state index in [0.717, 1.165) is 0 Å². The predicted octanol–water partition coefficient (Wildman–Crippen LogP) is 1.70. The lowest BCUT2D eigenvalue weighted by Gasteiger charge is -2.10. The van der Waals surface area contributed by atoms with Gasteiger partial charge in [0.2, 0.25) is 0 Å². The largest absolute Gasteiger partial charge is 0.449 e. The van der Waals surface area contributed by atoms with Crippen LogP contribution in [0.1, 0.15) is 32.6 Å². The first-order valence-corrected chi connectivity index (χ1v) is 5.22. The number of carbonyl (C=O) groups excluding carboxylic acids is 1. The van der Waals surface area contributed by atoms with Gasteiger partial charge in [0.15, 0.2) is 0 Å². The highest BCUT2D eigenvalue weighted by atomic mass is 16.5. The van der Waals surface area contributed by atoms with Gasteiger partial charge in [0.05, 0.1) is 6.61 Å². The molecule has 0 aromatic rings. The molecule has 78 valence electrons. The molecule has 0 radical (unpaired) electrons. The van der Waals surface area contributed by atoms with Gasteiger partial charge in [-0.3, -0.25) is 5.43 Å². The highest BCUT2D eigenvalue weighted by Gasteiger charge is 2.32. The van der Waals surface area contributed by atoms with Crippen LogP contribution in [0.4, 0.5) is 4.79 Å². The minimum atomic E-state index is -0.396. The van der Waals surface area contributed by atoms with Gasteiger partial charge >= 0.3 is 6.09 Å². The maximum absolute atomic E-state index is 11.0. The molecule has 0 unspecified atom stereocenters. The van der Waals surface area contributed by atoms with Gasteiger partial charge in [0, 0.05) is 11.6 Å². The molecule has 2 rings (SSSR count). The van der Waals surface area contributed by atoms with Crippen LogP contribution in [0, 0.1) is 5.92 Å². The molecule has 1 amide bonds. The number of hydrazine groups is 1. The number of rotatable bonds is 4. The summed E-state index contributed by atoms with van der Waals surface area (Å²) in [7, 11) is 0. The van der Waals surface area contributed by atoms with Gasteiger partial charge < -0.3 is 4.74 Å². The third kappa shape index (κ3) is 2.40. The molecule has 2 N–H and O–H groups in total. The number of amides is 1. The van der Waals surface area contributed by atoms with Gasteiger partial charge in [0.1, 0.15) is 0 Å². The molecule has 4 heteroatoms. The zero-order valence-corrected chi connectivity index (χ0v) is 8.43. The standard InChI is InChI=1S/C10H16N2O2/c1-2-14-10(13)12-11-9(7-3-4-7)8-5-6-8/h7,11H,2-6H2,1H3,(H,12,13). The number of hydrogen-bond acceptors (Lipinski definition) is 3. The van der Waals surface area contributed by atoms with Crippen molar-refractivity contribution < 1.29 is 9.53 Å². The third-order valence-electron chi connectivity index (χ3n) is 2.44. The molecule has 2 fully saturated rings. The Morgan fingerprint density at radius 3 is 2.64 bits per heavy atom. The van der Waals surface area contributed by atoms with E-state index in [-0.39, 0.29) is 0 Å². The summed E-state index contributed by atoms with van der Waals surface area (Å²) < 4.78 is 4.76. The number of hydrogen-bond donors (Lipinski definition) is 2. The number of carbonyl (C=O) groups is 1. The first-order chi connectivity index (χ1) is 6.81. The SMILES string of the molecule is CCOC(=O)NNC(=C1CC1)C1CC1. The number of nitrogens with one attached hydrogen (secondary N) is 2. The molecule has 4 nitrogen and oxygen atoms in total. The summed E-state index contributed by atoms with van der Waals surface area (Å²) in [6, 6.07) is 0. The van der Waals surface area contributed by atoms with Crippen LogP contribution < -0.4 is 10.9 Å². The molecule has 0 bridgehead atoms. The van der Waals surface area contributed by atoms with Crippen LogP contribution in [0.5, 0.6) is 0 Å². The first kappa shape index (κ1) is 9.37. The zero-order chi connectivity index (χ0) is 9.97. The summed E-state index contributed by atoms with van der Waals surface area (Å²) in [6.45, 7) is 2.20. The molecule has 0 heterocycles. The van der Waals surface area contributed by atoms with E-state index in [9.17, 15) is 4.79 Å². The van der Waals surface area contributed by atoms with E-state index in [2.05, 4.69) is 10.9 Å². The van der Waals surface area contributed by atoms with Crippen molar-refractivity contribution in [2.45, 2.75) is 32.6 Å². The molecule has 0 saturated heterocycles. The minimum absolute atomic E-state index is 0.396. The first-order valence-electron chi connectivity index (χ1n) is 5.22. The monoisotopic (exact) mass is 196 g/mol. The summed E-state index contributed by atoms with van der Waals surface area (Å²) in [5.74, 6) is 0.662. The summed E-state index contributed by atoms with van der Waals surface area (Å²) in [4.78, 5) is 11.0. The topological polar surface area (TPSA) is 50.4 Å². The van der Waals surface area contributed by atoms with E-state index >= 15 is 0 Å². The van der Waals surface area contributed by atoms with Crippen LogP contribution in [0.15, 0.2) is 11.3 Å². The van der Waals surface area contributed by atoms with Gasteiger partial charge in [-0.15, -0.1) is 0 Å². The van der Waals surface area contributed by atoms with Crippen molar-refractivity contribution in [2.75, 3.05) is 6.61 Å². The van der Waals surface area contributed by atoms with Gasteiger partial charge in [0.25, 0.3) is 0 Å². The van der Waals surface area contributed by atoms with Crippen molar-refractivity contribution in [1.82, 2.24) is 10.9 Å². The van der Waals surface area contributed by atoms with Crippen LogP contribution >= 0.6 is 0 Å². The average molecular weight is 196 g/mol. The summed E-state index contributed by atoms with van der Waals surface area (Å²) in [5, 5.41) is 0. The quantitative estimate of drug-likeness (QED) is 0.673. The Bertz CT molecular complexity index is 263. The Morgan fingerprint density at radius 1 is 1.43 bits per heavy atom. The summed E-state index contributed by atoms with van der Waals surface area (Å²) in [5.41, 5.74) is 8.24.